The lowest BCUT2D eigenvalue weighted by molar-refractivity contribution is -0.128. The van der Waals surface area contributed by atoms with Crippen LogP contribution in [0.2, 0.25) is 0 Å². The number of benzene rings is 3. The van der Waals surface area contributed by atoms with Crippen LogP contribution in [0.4, 0.5) is 5.69 Å². The van der Waals surface area contributed by atoms with Crippen LogP contribution in [0.15, 0.2) is 77.3 Å². The summed E-state index contributed by atoms with van der Waals surface area (Å²) in [5.74, 6) is 1.05. The molecule has 3 aromatic carbocycles. The number of rotatable bonds is 6. The van der Waals surface area contributed by atoms with Crippen LogP contribution in [-0.4, -0.2) is 23.3 Å². The molecule has 0 bridgehead atoms. The molecule has 2 amide bonds. The summed E-state index contributed by atoms with van der Waals surface area (Å²) in [7, 11) is 0. The van der Waals surface area contributed by atoms with E-state index in [4.69, 9.17) is 4.74 Å². The summed E-state index contributed by atoms with van der Waals surface area (Å²) in [5, 5.41) is 2.94. The number of ether oxygens (including phenoxy) is 1. The van der Waals surface area contributed by atoms with Gasteiger partial charge in [-0.1, -0.05) is 46.3 Å². The van der Waals surface area contributed by atoms with Gasteiger partial charge in [-0.2, -0.15) is 0 Å². The SMILES string of the molecule is O=C(Nc1cccc(CN2CCCC2=O)c1)c1ccccc1Oc1cccc(Br)c1. The molecule has 0 aromatic heterocycles. The normalized spacial score (nSPS) is 13.4. The Kier molecular flexibility index (Phi) is 6.14. The highest BCUT2D eigenvalue weighted by Gasteiger charge is 2.20. The molecule has 0 saturated carbocycles. The zero-order chi connectivity index (χ0) is 20.9. The topological polar surface area (TPSA) is 58.6 Å². The third-order valence-corrected chi connectivity index (χ3v) is 5.38. The van der Waals surface area contributed by atoms with E-state index in [0.29, 0.717) is 35.7 Å². The number of anilines is 1. The largest absolute Gasteiger partial charge is 0.456 e. The molecule has 1 aliphatic rings. The van der Waals surface area contributed by atoms with Crippen molar-refractivity contribution in [1.82, 2.24) is 4.90 Å². The van der Waals surface area contributed by atoms with Gasteiger partial charge in [-0.3, -0.25) is 9.59 Å². The Balaban J connectivity index is 1.49. The van der Waals surface area contributed by atoms with E-state index in [1.165, 1.54) is 0 Å². The molecule has 3 aromatic rings. The number of halogens is 1. The lowest BCUT2D eigenvalue weighted by Crippen LogP contribution is -2.23. The van der Waals surface area contributed by atoms with Gasteiger partial charge in [0.2, 0.25) is 5.91 Å². The van der Waals surface area contributed by atoms with Crippen LogP contribution in [0.3, 0.4) is 0 Å². The van der Waals surface area contributed by atoms with Crippen LogP contribution in [0.1, 0.15) is 28.8 Å². The number of likely N-dealkylation sites (tertiary alicyclic amines) is 1. The van der Waals surface area contributed by atoms with Crippen molar-refractivity contribution in [2.45, 2.75) is 19.4 Å². The molecule has 1 saturated heterocycles. The minimum absolute atomic E-state index is 0.183. The Hall–Kier alpha value is -3.12. The standard InChI is InChI=1S/C24H21BrN2O3/c25-18-7-4-9-20(15-18)30-22-11-2-1-10-21(22)24(29)26-19-8-3-6-17(14-19)16-27-13-5-12-23(27)28/h1-4,6-11,14-15H,5,12-13,16H2,(H,26,29). The van der Waals surface area contributed by atoms with Crippen molar-refractivity contribution in [3.63, 3.8) is 0 Å². The van der Waals surface area contributed by atoms with E-state index in [1.54, 1.807) is 18.2 Å². The summed E-state index contributed by atoms with van der Waals surface area (Å²) in [6.07, 6.45) is 1.52. The minimum Gasteiger partial charge on any atom is -0.456 e. The molecule has 1 fully saturated rings. The third-order valence-electron chi connectivity index (χ3n) is 4.89. The number of para-hydroxylation sites is 1. The maximum absolute atomic E-state index is 12.9. The Bertz CT molecular complexity index is 1080. The van der Waals surface area contributed by atoms with Gasteiger partial charge < -0.3 is 15.0 Å². The molecule has 0 aliphatic carbocycles. The van der Waals surface area contributed by atoms with E-state index >= 15 is 0 Å². The fourth-order valence-electron chi connectivity index (χ4n) is 3.44. The first kappa shape index (κ1) is 20.2. The summed E-state index contributed by atoms with van der Waals surface area (Å²) in [6.45, 7) is 1.35. The quantitative estimate of drug-likeness (QED) is 0.515. The van der Waals surface area contributed by atoms with Gasteiger partial charge in [0.1, 0.15) is 11.5 Å². The molecular weight excluding hydrogens is 444 g/mol. The summed E-state index contributed by atoms with van der Waals surface area (Å²) >= 11 is 3.42. The molecule has 1 N–H and O–H groups in total. The van der Waals surface area contributed by atoms with Gasteiger partial charge in [-0.15, -0.1) is 0 Å². The van der Waals surface area contributed by atoms with Crippen LogP contribution in [0, 0.1) is 0 Å². The number of carbonyl (C=O) groups excluding carboxylic acids is 2. The first-order valence-corrected chi connectivity index (χ1v) is 10.6. The third kappa shape index (κ3) is 4.89. The molecule has 0 atom stereocenters. The molecule has 4 rings (SSSR count). The Labute approximate surface area is 183 Å². The Morgan fingerprint density at radius 3 is 2.67 bits per heavy atom. The average Bonchev–Trinajstić information content (AvgIpc) is 3.13. The van der Waals surface area contributed by atoms with Gasteiger partial charge in [-0.05, 0) is 54.4 Å². The zero-order valence-electron chi connectivity index (χ0n) is 16.3. The Morgan fingerprint density at radius 2 is 1.87 bits per heavy atom. The van der Waals surface area contributed by atoms with Crippen LogP contribution in [0.5, 0.6) is 11.5 Å². The van der Waals surface area contributed by atoms with Crippen LogP contribution in [-0.2, 0) is 11.3 Å². The average molecular weight is 465 g/mol. The van der Waals surface area contributed by atoms with E-state index in [9.17, 15) is 9.59 Å². The second-order valence-corrected chi connectivity index (χ2v) is 8.04. The maximum atomic E-state index is 12.9. The number of amides is 2. The predicted molar refractivity (Wildman–Crippen MR) is 120 cm³/mol. The molecule has 0 spiro atoms. The molecule has 0 unspecified atom stereocenters. The Morgan fingerprint density at radius 1 is 1.03 bits per heavy atom. The van der Waals surface area contributed by atoms with Crippen LogP contribution >= 0.6 is 15.9 Å². The summed E-state index contributed by atoms with van der Waals surface area (Å²) in [6, 6.07) is 22.2. The zero-order valence-corrected chi connectivity index (χ0v) is 17.9. The van der Waals surface area contributed by atoms with Crippen molar-refractivity contribution in [3.05, 3.63) is 88.4 Å². The van der Waals surface area contributed by atoms with Gasteiger partial charge in [0.15, 0.2) is 0 Å². The van der Waals surface area contributed by atoms with Gasteiger partial charge in [0, 0.05) is 29.7 Å². The van der Waals surface area contributed by atoms with E-state index in [1.807, 2.05) is 59.5 Å². The highest BCUT2D eigenvalue weighted by Crippen LogP contribution is 2.28. The van der Waals surface area contributed by atoms with E-state index < -0.39 is 0 Å². The van der Waals surface area contributed by atoms with Gasteiger partial charge in [-0.25, -0.2) is 0 Å². The van der Waals surface area contributed by atoms with E-state index in [0.717, 1.165) is 23.0 Å². The summed E-state index contributed by atoms with van der Waals surface area (Å²) < 4.78 is 6.84. The number of hydrogen-bond acceptors (Lipinski definition) is 3. The van der Waals surface area contributed by atoms with Crippen molar-refractivity contribution in [2.24, 2.45) is 0 Å². The van der Waals surface area contributed by atoms with Crippen molar-refractivity contribution < 1.29 is 14.3 Å². The highest BCUT2D eigenvalue weighted by atomic mass is 79.9. The lowest BCUT2D eigenvalue weighted by Gasteiger charge is -2.16. The molecule has 5 nitrogen and oxygen atoms in total. The second kappa shape index (κ2) is 9.13. The molecule has 152 valence electrons. The molecule has 6 heteroatoms. The van der Waals surface area contributed by atoms with E-state index in [-0.39, 0.29) is 11.8 Å². The maximum Gasteiger partial charge on any atom is 0.259 e. The fourth-order valence-corrected chi connectivity index (χ4v) is 3.82. The monoisotopic (exact) mass is 464 g/mol. The first-order valence-electron chi connectivity index (χ1n) is 9.79. The van der Waals surface area contributed by atoms with Crippen molar-refractivity contribution in [1.29, 1.82) is 0 Å². The number of nitrogens with zero attached hydrogens (tertiary/aromatic N) is 1. The number of hydrogen-bond donors (Lipinski definition) is 1. The van der Waals surface area contributed by atoms with Gasteiger partial charge >= 0.3 is 0 Å². The van der Waals surface area contributed by atoms with Crippen LogP contribution < -0.4 is 10.1 Å². The van der Waals surface area contributed by atoms with Gasteiger partial charge in [0.05, 0.1) is 5.56 Å². The molecule has 30 heavy (non-hydrogen) atoms. The first-order chi connectivity index (χ1) is 14.6. The number of carbonyl (C=O) groups is 2. The van der Waals surface area contributed by atoms with Crippen molar-refractivity contribution in [2.75, 3.05) is 11.9 Å². The van der Waals surface area contributed by atoms with Gasteiger partial charge in [0.25, 0.3) is 5.91 Å². The fraction of sp³-hybridized carbons (Fsp3) is 0.167. The number of nitrogens with one attached hydrogen (secondary N) is 1. The smallest absolute Gasteiger partial charge is 0.259 e. The highest BCUT2D eigenvalue weighted by molar-refractivity contribution is 9.10. The molecule has 0 radical (unpaired) electrons. The molecule has 1 heterocycles. The second-order valence-electron chi connectivity index (χ2n) is 7.13. The summed E-state index contributed by atoms with van der Waals surface area (Å²) in [5.41, 5.74) is 2.11. The van der Waals surface area contributed by atoms with E-state index in [2.05, 4.69) is 21.2 Å². The lowest BCUT2D eigenvalue weighted by atomic mass is 10.1. The van der Waals surface area contributed by atoms with Crippen LogP contribution in [0.25, 0.3) is 0 Å². The predicted octanol–water partition coefficient (Wildman–Crippen LogP) is 5.62. The minimum atomic E-state index is -0.255. The molecule has 1 aliphatic heterocycles. The van der Waals surface area contributed by atoms with Crippen molar-refractivity contribution >= 4 is 33.4 Å². The molecular formula is C24H21BrN2O3. The summed E-state index contributed by atoms with van der Waals surface area (Å²) in [4.78, 5) is 26.7. The van der Waals surface area contributed by atoms with Crippen molar-refractivity contribution in [3.8, 4) is 11.5 Å².